The minimum Gasteiger partial charge on any atom is -0.444 e. The number of amides is 1. The molecule has 1 aromatic heterocycles. The van der Waals surface area contributed by atoms with Crippen molar-refractivity contribution in [3.63, 3.8) is 0 Å². The van der Waals surface area contributed by atoms with E-state index in [1.807, 2.05) is 31.2 Å². The summed E-state index contributed by atoms with van der Waals surface area (Å²) in [5.74, 6) is 0. The van der Waals surface area contributed by atoms with Crippen LogP contribution in [0, 0.1) is 0 Å². The third-order valence-corrected chi connectivity index (χ3v) is 4.98. The molecule has 2 aliphatic heterocycles. The molecular formula is C16H25N3O2S. The number of rotatable bonds is 2. The highest BCUT2D eigenvalue weighted by Gasteiger charge is 2.41. The zero-order valence-electron chi connectivity index (χ0n) is 13.6. The summed E-state index contributed by atoms with van der Waals surface area (Å²) in [5.41, 5.74) is 2.58. The molecule has 2 fully saturated rings. The van der Waals surface area contributed by atoms with Crippen molar-refractivity contribution in [3.8, 4) is 0 Å². The Kier molecular flexibility index (Phi) is 4.41. The van der Waals surface area contributed by atoms with E-state index in [2.05, 4.69) is 15.3 Å². The Morgan fingerprint density at radius 3 is 2.82 bits per heavy atom. The lowest BCUT2D eigenvalue weighted by Gasteiger charge is -2.31. The number of hydrogen-bond acceptors (Lipinski definition) is 5. The summed E-state index contributed by atoms with van der Waals surface area (Å²) in [6, 6.07) is 0.612. The molecule has 0 spiro atoms. The van der Waals surface area contributed by atoms with E-state index in [1.165, 1.54) is 0 Å². The molecule has 0 aliphatic carbocycles. The summed E-state index contributed by atoms with van der Waals surface area (Å²) in [5, 5.41) is 2.11. The summed E-state index contributed by atoms with van der Waals surface area (Å²) in [4.78, 5) is 21.3. The Morgan fingerprint density at radius 1 is 1.36 bits per heavy atom. The summed E-state index contributed by atoms with van der Waals surface area (Å²) in [6.45, 7) is 8.62. The van der Waals surface area contributed by atoms with Crippen LogP contribution < -0.4 is 0 Å². The summed E-state index contributed by atoms with van der Waals surface area (Å²) in [6.07, 6.45) is 3.07. The van der Waals surface area contributed by atoms with Crippen LogP contribution in [0.4, 0.5) is 4.79 Å². The molecule has 3 rings (SSSR count). The number of ether oxygens (including phenoxy) is 1. The minimum atomic E-state index is -0.427. The molecule has 3 heterocycles. The van der Waals surface area contributed by atoms with Gasteiger partial charge in [0.1, 0.15) is 5.60 Å². The number of likely N-dealkylation sites (tertiary alicyclic amines) is 1. The van der Waals surface area contributed by atoms with Gasteiger partial charge >= 0.3 is 6.09 Å². The van der Waals surface area contributed by atoms with Gasteiger partial charge in [-0.3, -0.25) is 4.90 Å². The first-order chi connectivity index (χ1) is 10.4. The molecule has 0 aromatic carbocycles. The second kappa shape index (κ2) is 6.16. The van der Waals surface area contributed by atoms with Gasteiger partial charge in [0.05, 0.1) is 11.2 Å². The highest BCUT2D eigenvalue weighted by Crippen LogP contribution is 2.32. The van der Waals surface area contributed by atoms with Crippen LogP contribution in [0.1, 0.15) is 45.7 Å². The van der Waals surface area contributed by atoms with Gasteiger partial charge in [-0.05, 0) is 40.0 Å². The second-order valence-electron chi connectivity index (χ2n) is 7.28. The molecule has 0 radical (unpaired) electrons. The molecule has 2 aliphatic rings. The van der Waals surface area contributed by atoms with Crippen LogP contribution in [0.2, 0.25) is 0 Å². The Balaban J connectivity index is 1.66. The molecule has 0 N–H and O–H groups in total. The van der Waals surface area contributed by atoms with Crippen LogP contribution in [0.25, 0.3) is 0 Å². The molecular weight excluding hydrogens is 298 g/mol. The Bertz CT molecular complexity index is 512. The first-order valence-electron chi connectivity index (χ1n) is 8.03. The number of carbonyl (C=O) groups excluding carboxylic acids is 1. The predicted molar refractivity (Wildman–Crippen MR) is 86.9 cm³/mol. The van der Waals surface area contributed by atoms with E-state index in [-0.39, 0.29) is 12.1 Å². The Labute approximate surface area is 136 Å². The van der Waals surface area contributed by atoms with Crippen LogP contribution in [-0.4, -0.2) is 51.7 Å². The van der Waals surface area contributed by atoms with Crippen LogP contribution >= 0.6 is 11.3 Å². The molecule has 122 valence electrons. The van der Waals surface area contributed by atoms with Crippen LogP contribution in [0.5, 0.6) is 0 Å². The van der Waals surface area contributed by atoms with Crippen molar-refractivity contribution < 1.29 is 9.53 Å². The van der Waals surface area contributed by atoms with Crippen molar-refractivity contribution in [2.45, 2.75) is 64.3 Å². The third-order valence-electron chi connectivity index (χ3n) is 4.34. The van der Waals surface area contributed by atoms with Crippen molar-refractivity contribution in [1.29, 1.82) is 0 Å². The van der Waals surface area contributed by atoms with Gasteiger partial charge in [0.25, 0.3) is 0 Å². The predicted octanol–water partition coefficient (Wildman–Crippen LogP) is 3.12. The van der Waals surface area contributed by atoms with Crippen LogP contribution in [0.15, 0.2) is 10.9 Å². The van der Waals surface area contributed by atoms with Gasteiger partial charge in [-0.2, -0.15) is 0 Å². The lowest BCUT2D eigenvalue weighted by molar-refractivity contribution is 0.0152. The van der Waals surface area contributed by atoms with Gasteiger partial charge in [0.2, 0.25) is 0 Å². The number of nitrogens with zero attached hydrogens (tertiary/aromatic N) is 3. The van der Waals surface area contributed by atoms with Gasteiger partial charge < -0.3 is 9.64 Å². The van der Waals surface area contributed by atoms with E-state index in [1.54, 1.807) is 11.3 Å². The van der Waals surface area contributed by atoms with Gasteiger partial charge in [-0.15, -0.1) is 11.3 Å². The average Bonchev–Trinajstić information content (AvgIpc) is 2.97. The third kappa shape index (κ3) is 3.60. The van der Waals surface area contributed by atoms with Gasteiger partial charge in [-0.25, -0.2) is 9.78 Å². The standard InChI is InChI=1S/C16H25N3O2S/c1-16(2,3)21-15(20)19-13-4-5-14(19)9-18(7-6-13)8-12-10-22-11-17-12/h10-11,13-14H,4-9H2,1-3H3/t13-,14-/m0/s1. The van der Waals surface area contributed by atoms with Crippen molar-refractivity contribution in [2.75, 3.05) is 13.1 Å². The Morgan fingerprint density at radius 2 is 2.14 bits per heavy atom. The number of thiazole rings is 1. The maximum Gasteiger partial charge on any atom is 0.410 e. The van der Waals surface area contributed by atoms with E-state index >= 15 is 0 Å². The van der Waals surface area contributed by atoms with Crippen molar-refractivity contribution in [2.24, 2.45) is 0 Å². The smallest absolute Gasteiger partial charge is 0.410 e. The molecule has 1 aromatic rings. The van der Waals surface area contributed by atoms with Crippen molar-refractivity contribution in [3.05, 3.63) is 16.6 Å². The van der Waals surface area contributed by atoms with Gasteiger partial charge in [-0.1, -0.05) is 0 Å². The topological polar surface area (TPSA) is 45.7 Å². The largest absolute Gasteiger partial charge is 0.444 e. The van der Waals surface area contributed by atoms with Crippen molar-refractivity contribution in [1.82, 2.24) is 14.8 Å². The quantitative estimate of drug-likeness (QED) is 0.839. The van der Waals surface area contributed by atoms with E-state index < -0.39 is 5.60 Å². The van der Waals surface area contributed by atoms with E-state index in [0.717, 1.165) is 44.6 Å². The number of aromatic nitrogens is 1. The summed E-state index contributed by atoms with van der Waals surface area (Å²) >= 11 is 1.64. The maximum absolute atomic E-state index is 12.5. The van der Waals surface area contributed by atoms with Gasteiger partial charge in [0, 0.05) is 37.1 Å². The fraction of sp³-hybridized carbons (Fsp3) is 0.750. The minimum absolute atomic E-state index is 0.143. The molecule has 6 heteroatoms. The molecule has 0 saturated carbocycles. The number of hydrogen-bond donors (Lipinski definition) is 0. The summed E-state index contributed by atoms with van der Waals surface area (Å²) < 4.78 is 5.61. The maximum atomic E-state index is 12.5. The Hall–Kier alpha value is -1.14. The van der Waals surface area contributed by atoms with Crippen molar-refractivity contribution >= 4 is 17.4 Å². The molecule has 1 amide bonds. The van der Waals surface area contributed by atoms with Crippen LogP contribution in [-0.2, 0) is 11.3 Å². The SMILES string of the molecule is CC(C)(C)OC(=O)N1[C@H]2CC[C@H]1CN(Cc1cscn1)CC2. The molecule has 2 atom stereocenters. The highest BCUT2D eigenvalue weighted by atomic mass is 32.1. The first kappa shape index (κ1) is 15.7. The fourth-order valence-electron chi connectivity index (χ4n) is 3.45. The van der Waals surface area contributed by atoms with E-state index in [9.17, 15) is 4.79 Å². The number of carbonyl (C=O) groups is 1. The lowest BCUT2D eigenvalue weighted by Crippen LogP contribution is -2.45. The molecule has 22 heavy (non-hydrogen) atoms. The van der Waals surface area contributed by atoms with Crippen LogP contribution in [0.3, 0.4) is 0 Å². The monoisotopic (exact) mass is 323 g/mol. The average molecular weight is 323 g/mol. The summed E-state index contributed by atoms with van der Waals surface area (Å²) in [7, 11) is 0. The number of fused-ring (bicyclic) bond motifs is 2. The first-order valence-corrected chi connectivity index (χ1v) is 8.97. The lowest BCUT2D eigenvalue weighted by atomic mass is 10.1. The second-order valence-corrected chi connectivity index (χ2v) is 7.99. The zero-order valence-corrected chi connectivity index (χ0v) is 14.4. The molecule has 5 nitrogen and oxygen atoms in total. The zero-order chi connectivity index (χ0) is 15.7. The normalized spacial score (nSPS) is 26.0. The van der Waals surface area contributed by atoms with E-state index in [4.69, 9.17) is 4.74 Å². The highest BCUT2D eigenvalue weighted by molar-refractivity contribution is 7.07. The van der Waals surface area contributed by atoms with Gasteiger partial charge in [0.15, 0.2) is 0 Å². The molecule has 2 bridgehead atoms. The molecule has 0 unspecified atom stereocenters. The van der Waals surface area contributed by atoms with E-state index in [0.29, 0.717) is 6.04 Å². The molecule has 2 saturated heterocycles. The fourth-order valence-corrected chi connectivity index (χ4v) is 4.00.